The molecule has 0 aliphatic heterocycles. The first-order valence-corrected chi connectivity index (χ1v) is 13.0. The monoisotopic (exact) mass is 489 g/mol. The first-order valence-electron chi connectivity index (χ1n) is 13.0. The summed E-state index contributed by atoms with van der Waals surface area (Å²) >= 11 is 0. The number of phenolic OH excluding ortho intramolecular Hbond substituents is 1. The predicted octanol–water partition coefficient (Wildman–Crippen LogP) is 6.47. The van der Waals surface area contributed by atoms with Crippen LogP contribution in [-0.4, -0.2) is 26.6 Å². The Balaban J connectivity index is 1.92. The van der Waals surface area contributed by atoms with Gasteiger partial charge in [-0.2, -0.15) is 0 Å². The fraction of sp³-hybridized carbons (Fsp3) is 0.467. The van der Waals surface area contributed by atoms with Gasteiger partial charge >= 0.3 is 5.97 Å². The molecule has 1 aromatic carbocycles. The first-order chi connectivity index (χ1) is 17.2. The zero-order chi connectivity index (χ0) is 25.8. The highest BCUT2D eigenvalue weighted by Crippen LogP contribution is 2.56. The van der Waals surface area contributed by atoms with Crippen LogP contribution in [0, 0.1) is 5.92 Å². The quantitative estimate of drug-likeness (QED) is 0.249. The van der Waals surface area contributed by atoms with E-state index in [1.807, 2.05) is 57.3 Å². The van der Waals surface area contributed by atoms with Crippen molar-refractivity contribution in [3.05, 3.63) is 77.9 Å². The number of pyridine rings is 1. The maximum Gasteiger partial charge on any atom is 0.306 e. The van der Waals surface area contributed by atoms with Crippen LogP contribution in [0.25, 0.3) is 0 Å². The molecule has 0 amide bonds. The molecule has 1 aliphatic rings. The highest BCUT2D eigenvalue weighted by Gasteiger charge is 2.49. The minimum absolute atomic E-state index is 0.167. The number of carbonyl (C=O) groups is 1. The fourth-order valence-corrected chi connectivity index (χ4v) is 6.15. The summed E-state index contributed by atoms with van der Waals surface area (Å²) in [7, 11) is 0. The Bertz CT molecular complexity index is 1130. The van der Waals surface area contributed by atoms with Gasteiger partial charge in [-0.15, -0.1) is 0 Å². The summed E-state index contributed by atoms with van der Waals surface area (Å²) in [5.41, 5.74) is 8.46. The third-order valence-electron chi connectivity index (χ3n) is 7.52. The molecule has 0 radical (unpaired) electrons. The summed E-state index contributed by atoms with van der Waals surface area (Å²) in [4.78, 5) is 20.8. The Morgan fingerprint density at radius 3 is 2.47 bits per heavy atom. The number of hydrogen-bond acceptors (Lipinski definition) is 5. The predicted molar refractivity (Wildman–Crippen MR) is 143 cm³/mol. The van der Waals surface area contributed by atoms with Gasteiger partial charge in [-0.05, 0) is 81.8 Å². The number of nitrogens with one attached hydrogen (secondary N) is 1. The average Bonchev–Trinajstić information content (AvgIpc) is 3.38. The van der Waals surface area contributed by atoms with Gasteiger partial charge in [0.25, 0.3) is 0 Å². The molecule has 3 aromatic rings. The second-order valence-electron chi connectivity index (χ2n) is 11.1. The van der Waals surface area contributed by atoms with Gasteiger partial charge in [-0.25, -0.2) is 0 Å². The van der Waals surface area contributed by atoms with E-state index in [1.54, 1.807) is 18.5 Å². The van der Waals surface area contributed by atoms with E-state index in [-0.39, 0.29) is 24.1 Å². The minimum atomic E-state index is -0.545. The summed E-state index contributed by atoms with van der Waals surface area (Å²) in [6, 6.07) is 13.6. The van der Waals surface area contributed by atoms with E-state index >= 15 is 0 Å². The van der Waals surface area contributed by atoms with E-state index in [0.717, 1.165) is 42.5 Å². The number of esters is 1. The molecule has 0 saturated heterocycles. The van der Waals surface area contributed by atoms with Gasteiger partial charge in [0.05, 0.1) is 0 Å². The van der Waals surface area contributed by atoms with Crippen molar-refractivity contribution in [3.8, 4) is 5.75 Å². The molecule has 1 saturated carbocycles. The van der Waals surface area contributed by atoms with E-state index in [1.165, 1.54) is 6.42 Å². The molecule has 0 bridgehead atoms. The fourth-order valence-electron chi connectivity index (χ4n) is 6.15. The smallest absolute Gasteiger partial charge is 0.306 e. The number of aromatic nitrogens is 2. The molecule has 2 unspecified atom stereocenters. The number of nitrogens with two attached hydrogens (primary N) is 1. The lowest BCUT2D eigenvalue weighted by atomic mass is 9.55. The number of hydrogen-bond donors (Lipinski definition) is 3. The van der Waals surface area contributed by atoms with Crippen LogP contribution >= 0.6 is 0 Å². The molecule has 192 valence electrons. The number of rotatable bonds is 8. The number of aromatic amines is 1. The van der Waals surface area contributed by atoms with E-state index in [2.05, 4.69) is 16.0 Å². The van der Waals surface area contributed by atoms with Crippen molar-refractivity contribution in [2.24, 2.45) is 5.92 Å². The van der Waals surface area contributed by atoms with Gasteiger partial charge in [0.2, 0.25) is 0 Å². The molecule has 6 heteroatoms. The molecule has 0 spiro atoms. The second kappa shape index (κ2) is 10.8. The Hall–Kier alpha value is -3.28. The normalized spacial score (nSPS) is 17.3. The van der Waals surface area contributed by atoms with Crippen LogP contribution in [0.4, 0.5) is 5.69 Å². The molecule has 2 heterocycles. The molecular weight excluding hydrogens is 450 g/mol. The van der Waals surface area contributed by atoms with Crippen LogP contribution < -0.4 is 5.73 Å². The van der Waals surface area contributed by atoms with Crippen molar-refractivity contribution in [2.75, 3.05) is 5.73 Å². The highest BCUT2D eigenvalue weighted by molar-refractivity contribution is 5.70. The Morgan fingerprint density at radius 2 is 1.86 bits per heavy atom. The molecule has 2 aromatic heterocycles. The van der Waals surface area contributed by atoms with Crippen molar-refractivity contribution in [2.45, 2.75) is 82.7 Å². The summed E-state index contributed by atoms with van der Waals surface area (Å²) in [6.07, 6.45) is 12.1. The number of nitrogens with zero attached hydrogens (tertiary/aromatic N) is 1. The minimum Gasteiger partial charge on any atom is -0.508 e. The van der Waals surface area contributed by atoms with Gasteiger partial charge in [0.15, 0.2) is 0 Å². The van der Waals surface area contributed by atoms with Crippen LogP contribution in [0.1, 0.15) is 88.5 Å². The first kappa shape index (κ1) is 25.8. The van der Waals surface area contributed by atoms with Gasteiger partial charge in [0, 0.05) is 59.4 Å². The Morgan fingerprint density at radius 1 is 1.14 bits per heavy atom. The van der Waals surface area contributed by atoms with E-state index < -0.39 is 11.0 Å². The molecule has 4 rings (SSSR count). The van der Waals surface area contributed by atoms with Crippen LogP contribution in [0.15, 0.2) is 61.1 Å². The molecule has 36 heavy (non-hydrogen) atoms. The number of aromatic hydroxyl groups is 1. The summed E-state index contributed by atoms with van der Waals surface area (Å²) in [5, 5.41) is 11.2. The molecule has 1 aliphatic carbocycles. The van der Waals surface area contributed by atoms with Crippen molar-refractivity contribution in [1.29, 1.82) is 0 Å². The van der Waals surface area contributed by atoms with E-state index in [0.29, 0.717) is 18.0 Å². The van der Waals surface area contributed by atoms with Crippen LogP contribution in [-0.2, 0) is 14.9 Å². The zero-order valence-electron chi connectivity index (χ0n) is 21.7. The third-order valence-corrected chi connectivity index (χ3v) is 7.52. The SMILES string of the molecule is CC(C)(C)OC(=O)CCC(c1ccc[nH]1)(C1CCCCC1)C(c1ccncc1)c1ccc(N)cc1O. The van der Waals surface area contributed by atoms with Gasteiger partial charge in [0.1, 0.15) is 11.4 Å². The summed E-state index contributed by atoms with van der Waals surface area (Å²) in [5.74, 6) is 0.0535. The number of anilines is 1. The summed E-state index contributed by atoms with van der Waals surface area (Å²) in [6.45, 7) is 5.70. The van der Waals surface area contributed by atoms with Crippen molar-refractivity contribution < 1.29 is 14.6 Å². The zero-order valence-corrected chi connectivity index (χ0v) is 21.7. The number of phenols is 1. The maximum absolute atomic E-state index is 13.1. The van der Waals surface area contributed by atoms with Crippen LogP contribution in [0.2, 0.25) is 0 Å². The molecule has 6 nitrogen and oxygen atoms in total. The number of H-pyrrole nitrogens is 1. The van der Waals surface area contributed by atoms with E-state index in [9.17, 15) is 9.90 Å². The lowest BCUT2D eigenvalue weighted by Gasteiger charge is -2.48. The lowest BCUT2D eigenvalue weighted by molar-refractivity contribution is -0.155. The third kappa shape index (κ3) is 5.58. The highest BCUT2D eigenvalue weighted by atomic mass is 16.6. The maximum atomic E-state index is 13.1. The summed E-state index contributed by atoms with van der Waals surface area (Å²) < 4.78 is 5.74. The van der Waals surface area contributed by atoms with Gasteiger partial charge in [-0.1, -0.05) is 25.3 Å². The number of carbonyl (C=O) groups excluding carboxylic acids is 1. The standard InChI is InChI=1S/C30H39N3O3/c1-29(2,3)36-27(35)13-16-30(26-10-7-17-33-26,22-8-5-4-6-9-22)28(21-14-18-32-19-15-21)24-12-11-23(31)20-25(24)34/h7,10-12,14-15,17-20,22,28,33-34H,4-6,8-9,13,16,31H2,1-3H3. The molecular formula is C30H39N3O3. The van der Waals surface area contributed by atoms with Crippen LogP contribution in [0.3, 0.4) is 0 Å². The molecule has 1 fully saturated rings. The molecule has 4 N–H and O–H groups in total. The average molecular weight is 490 g/mol. The lowest BCUT2D eigenvalue weighted by Crippen LogP contribution is -2.44. The number of benzene rings is 1. The van der Waals surface area contributed by atoms with Gasteiger partial charge < -0.3 is 20.6 Å². The van der Waals surface area contributed by atoms with Crippen molar-refractivity contribution in [3.63, 3.8) is 0 Å². The topological polar surface area (TPSA) is 101 Å². The number of nitrogen functional groups attached to an aromatic ring is 1. The second-order valence-corrected chi connectivity index (χ2v) is 11.1. The van der Waals surface area contributed by atoms with Crippen LogP contribution in [0.5, 0.6) is 5.75 Å². The number of ether oxygens (including phenoxy) is 1. The van der Waals surface area contributed by atoms with Crippen molar-refractivity contribution >= 4 is 11.7 Å². The van der Waals surface area contributed by atoms with E-state index in [4.69, 9.17) is 10.5 Å². The van der Waals surface area contributed by atoms with Crippen molar-refractivity contribution in [1.82, 2.24) is 9.97 Å². The molecule has 2 atom stereocenters. The largest absolute Gasteiger partial charge is 0.508 e. The van der Waals surface area contributed by atoms with Gasteiger partial charge in [-0.3, -0.25) is 9.78 Å². The Labute approximate surface area is 214 Å². The Kier molecular flexibility index (Phi) is 7.72.